The van der Waals surface area contributed by atoms with Crippen molar-refractivity contribution >= 4 is 11.7 Å². The topological polar surface area (TPSA) is 59.6 Å². The number of rotatable bonds is 0. The van der Waals surface area contributed by atoms with Gasteiger partial charge in [0.25, 0.3) is 6.02 Å². The molecule has 1 atom stereocenters. The highest BCUT2D eigenvalue weighted by Crippen LogP contribution is 2.34. The van der Waals surface area contributed by atoms with Gasteiger partial charge in [0.05, 0.1) is 5.54 Å². The number of anilines is 1. The van der Waals surface area contributed by atoms with Gasteiger partial charge in [-0.05, 0) is 30.0 Å². The summed E-state index contributed by atoms with van der Waals surface area (Å²) in [5, 5.41) is 3.40. The molecular formula is C13H17N3O. The number of nitrogens with zero attached hydrogens (tertiary/aromatic N) is 1. The van der Waals surface area contributed by atoms with E-state index < -0.39 is 0 Å². The van der Waals surface area contributed by atoms with Crippen LogP contribution in [0.15, 0.2) is 23.2 Å². The largest absolute Gasteiger partial charge is 0.463 e. The van der Waals surface area contributed by atoms with Crippen molar-refractivity contribution in [2.24, 2.45) is 4.99 Å². The van der Waals surface area contributed by atoms with Gasteiger partial charge in [-0.25, -0.2) is 4.99 Å². The van der Waals surface area contributed by atoms with E-state index >= 15 is 0 Å². The van der Waals surface area contributed by atoms with E-state index in [4.69, 9.17) is 10.5 Å². The molecule has 0 amide bonds. The predicted octanol–water partition coefficient (Wildman–Crippen LogP) is 1.10. The Morgan fingerprint density at radius 1 is 1.47 bits per heavy atom. The SMILES string of the molecule is CN=C1NC2(CCc3cccc(N)c3C2)CO1. The summed E-state index contributed by atoms with van der Waals surface area (Å²) in [6.45, 7) is 0.688. The number of fused-ring (bicyclic) bond motifs is 1. The molecule has 0 saturated carbocycles. The van der Waals surface area contributed by atoms with Crippen LogP contribution in [0.1, 0.15) is 17.5 Å². The molecular weight excluding hydrogens is 214 g/mol. The molecule has 4 nitrogen and oxygen atoms in total. The molecule has 90 valence electrons. The van der Waals surface area contributed by atoms with Crippen LogP contribution in [0, 0.1) is 0 Å². The van der Waals surface area contributed by atoms with Crippen molar-refractivity contribution in [3.05, 3.63) is 29.3 Å². The molecule has 17 heavy (non-hydrogen) atoms. The fourth-order valence-electron chi connectivity index (χ4n) is 2.76. The number of nitrogens with one attached hydrogen (secondary N) is 1. The number of nitrogens with two attached hydrogens (primary N) is 1. The van der Waals surface area contributed by atoms with Crippen LogP contribution in [-0.4, -0.2) is 25.2 Å². The second kappa shape index (κ2) is 3.65. The third kappa shape index (κ3) is 1.64. The molecule has 1 unspecified atom stereocenters. The third-order valence-electron chi connectivity index (χ3n) is 3.76. The Hall–Kier alpha value is -1.71. The monoisotopic (exact) mass is 231 g/mol. The van der Waals surface area contributed by atoms with Crippen LogP contribution >= 0.6 is 0 Å². The Bertz CT molecular complexity index is 484. The minimum atomic E-state index is -0.00266. The summed E-state index contributed by atoms with van der Waals surface area (Å²) in [7, 11) is 1.74. The fraction of sp³-hybridized carbons (Fsp3) is 0.462. The lowest BCUT2D eigenvalue weighted by Crippen LogP contribution is -2.48. The zero-order valence-corrected chi connectivity index (χ0v) is 9.99. The van der Waals surface area contributed by atoms with Gasteiger partial charge in [0, 0.05) is 19.2 Å². The summed E-state index contributed by atoms with van der Waals surface area (Å²) in [6.07, 6.45) is 3.05. The average Bonchev–Trinajstić information content (AvgIpc) is 2.74. The maximum absolute atomic E-state index is 6.06. The van der Waals surface area contributed by atoms with Crippen LogP contribution in [0.3, 0.4) is 0 Å². The van der Waals surface area contributed by atoms with Crippen LogP contribution in [-0.2, 0) is 17.6 Å². The normalized spacial score (nSPS) is 28.9. The summed E-state index contributed by atoms with van der Waals surface area (Å²) < 4.78 is 5.55. The van der Waals surface area contributed by atoms with Gasteiger partial charge in [-0.2, -0.15) is 0 Å². The van der Waals surface area contributed by atoms with Gasteiger partial charge >= 0.3 is 0 Å². The molecule has 1 saturated heterocycles. The molecule has 3 N–H and O–H groups in total. The summed E-state index contributed by atoms with van der Waals surface area (Å²) in [6, 6.07) is 6.83. The Labute approximate surface area is 101 Å². The molecule has 1 fully saturated rings. The molecule has 1 aliphatic carbocycles. The van der Waals surface area contributed by atoms with Gasteiger partial charge in [-0.15, -0.1) is 0 Å². The van der Waals surface area contributed by atoms with Gasteiger partial charge in [0.1, 0.15) is 6.61 Å². The molecule has 1 aliphatic heterocycles. The number of nitrogen functional groups attached to an aromatic ring is 1. The number of ether oxygens (including phenoxy) is 1. The highest BCUT2D eigenvalue weighted by molar-refractivity contribution is 5.77. The summed E-state index contributed by atoms with van der Waals surface area (Å²) in [4.78, 5) is 4.07. The van der Waals surface area contributed by atoms with Crippen molar-refractivity contribution in [3.8, 4) is 0 Å². The summed E-state index contributed by atoms with van der Waals surface area (Å²) >= 11 is 0. The molecule has 1 aromatic rings. The van der Waals surface area contributed by atoms with Crippen LogP contribution in [0.25, 0.3) is 0 Å². The molecule has 0 bridgehead atoms. The molecule has 0 radical (unpaired) electrons. The van der Waals surface area contributed by atoms with E-state index in [0.717, 1.165) is 24.9 Å². The highest BCUT2D eigenvalue weighted by Gasteiger charge is 2.41. The maximum Gasteiger partial charge on any atom is 0.284 e. The summed E-state index contributed by atoms with van der Waals surface area (Å²) in [5.41, 5.74) is 9.60. The lowest BCUT2D eigenvalue weighted by Gasteiger charge is -2.33. The highest BCUT2D eigenvalue weighted by atomic mass is 16.5. The third-order valence-corrected chi connectivity index (χ3v) is 3.76. The minimum absolute atomic E-state index is 0.00266. The lowest BCUT2D eigenvalue weighted by molar-refractivity contribution is 0.242. The molecule has 1 spiro atoms. The quantitative estimate of drug-likeness (QED) is 0.657. The first-order valence-electron chi connectivity index (χ1n) is 5.96. The standard InChI is InChI=1S/C13H17N3O/c1-15-12-16-13(8-17-12)6-5-9-3-2-4-11(14)10(9)7-13/h2-4H,5-8,14H2,1H3,(H,15,16). The van der Waals surface area contributed by atoms with E-state index in [9.17, 15) is 0 Å². The summed E-state index contributed by atoms with van der Waals surface area (Å²) in [5.74, 6) is 0. The van der Waals surface area contributed by atoms with Crippen molar-refractivity contribution < 1.29 is 4.74 Å². The Morgan fingerprint density at radius 2 is 2.35 bits per heavy atom. The van der Waals surface area contributed by atoms with Crippen LogP contribution < -0.4 is 11.1 Å². The average molecular weight is 231 g/mol. The van der Waals surface area contributed by atoms with Gasteiger partial charge in [0.15, 0.2) is 0 Å². The number of amidine groups is 1. The first-order valence-corrected chi connectivity index (χ1v) is 5.96. The van der Waals surface area contributed by atoms with Crippen LogP contribution in [0.4, 0.5) is 5.69 Å². The van der Waals surface area contributed by atoms with Crippen molar-refractivity contribution in [1.29, 1.82) is 0 Å². The molecule has 4 heteroatoms. The number of aryl methyl sites for hydroxylation is 1. The molecule has 2 aliphatic rings. The first kappa shape index (κ1) is 10.4. The van der Waals surface area contributed by atoms with E-state index in [1.165, 1.54) is 11.1 Å². The molecule has 1 heterocycles. The zero-order chi connectivity index (χ0) is 11.9. The Balaban J connectivity index is 1.93. The fourth-order valence-corrected chi connectivity index (χ4v) is 2.76. The second-order valence-corrected chi connectivity index (χ2v) is 4.88. The minimum Gasteiger partial charge on any atom is -0.463 e. The molecule has 1 aromatic carbocycles. The smallest absolute Gasteiger partial charge is 0.284 e. The zero-order valence-electron chi connectivity index (χ0n) is 9.99. The van der Waals surface area contributed by atoms with E-state index in [-0.39, 0.29) is 5.54 Å². The first-order chi connectivity index (χ1) is 8.22. The second-order valence-electron chi connectivity index (χ2n) is 4.88. The van der Waals surface area contributed by atoms with Crippen molar-refractivity contribution in [2.45, 2.75) is 24.8 Å². The predicted molar refractivity (Wildman–Crippen MR) is 68.1 cm³/mol. The number of benzene rings is 1. The Morgan fingerprint density at radius 3 is 3.12 bits per heavy atom. The number of aliphatic imine (C=N–C) groups is 1. The van der Waals surface area contributed by atoms with Crippen LogP contribution in [0.5, 0.6) is 0 Å². The van der Waals surface area contributed by atoms with Crippen molar-refractivity contribution in [1.82, 2.24) is 5.32 Å². The van der Waals surface area contributed by atoms with Crippen molar-refractivity contribution in [3.63, 3.8) is 0 Å². The van der Waals surface area contributed by atoms with Crippen molar-refractivity contribution in [2.75, 3.05) is 19.4 Å². The maximum atomic E-state index is 6.06. The molecule has 0 aromatic heterocycles. The molecule has 3 rings (SSSR count). The van der Waals surface area contributed by atoms with E-state index in [2.05, 4.69) is 16.4 Å². The van der Waals surface area contributed by atoms with Gasteiger partial charge < -0.3 is 15.8 Å². The van der Waals surface area contributed by atoms with E-state index in [1.54, 1.807) is 7.05 Å². The van der Waals surface area contributed by atoms with Gasteiger partial charge in [-0.1, -0.05) is 12.1 Å². The Kier molecular flexibility index (Phi) is 2.24. The van der Waals surface area contributed by atoms with E-state index in [1.807, 2.05) is 12.1 Å². The van der Waals surface area contributed by atoms with Crippen LogP contribution in [0.2, 0.25) is 0 Å². The number of hydrogen-bond donors (Lipinski definition) is 2. The lowest BCUT2D eigenvalue weighted by atomic mass is 9.78. The van der Waals surface area contributed by atoms with E-state index in [0.29, 0.717) is 12.6 Å². The van der Waals surface area contributed by atoms with Gasteiger partial charge in [-0.3, -0.25) is 0 Å². The number of hydrogen-bond acceptors (Lipinski definition) is 3. The van der Waals surface area contributed by atoms with Gasteiger partial charge in [0.2, 0.25) is 0 Å².